The van der Waals surface area contributed by atoms with Crippen molar-refractivity contribution in [2.45, 2.75) is 45.1 Å². The zero-order valence-corrected chi connectivity index (χ0v) is 19.3. The summed E-state index contributed by atoms with van der Waals surface area (Å²) in [4.78, 5) is 2.29. The summed E-state index contributed by atoms with van der Waals surface area (Å²) < 4.78 is 58.2. The van der Waals surface area contributed by atoms with Gasteiger partial charge < -0.3 is 9.42 Å². The molecule has 2 saturated heterocycles. The first-order valence-electron chi connectivity index (χ1n) is 9.95. The van der Waals surface area contributed by atoms with Gasteiger partial charge in [-0.05, 0) is 34.1 Å². The number of nitrogens with zero attached hydrogens (tertiary/aromatic N) is 5. The second-order valence-corrected chi connectivity index (χ2v) is 12.2. The maximum atomic E-state index is 13.0. The molecule has 0 N–H and O–H groups in total. The highest BCUT2D eigenvalue weighted by molar-refractivity contribution is 7.91. The third kappa shape index (κ3) is 3.54. The Morgan fingerprint density at radius 2 is 1.70 bits per heavy atom. The predicted molar refractivity (Wildman–Crippen MR) is 111 cm³/mol. The van der Waals surface area contributed by atoms with Gasteiger partial charge in [-0.15, -0.1) is 0 Å². The predicted octanol–water partition coefficient (Wildman–Crippen LogP) is 0.975. The van der Waals surface area contributed by atoms with Gasteiger partial charge in [0, 0.05) is 26.2 Å². The van der Waals surface area contributed by atoms with Gasteiger partial charge in [-0.1, -0.05) is 5.16 Å². The van der Waals surface area contributed by atoms with E-state index in [2.05, 4.69) is 15.2 Å². The summed E-state index contributed by atoms with van der Waals surface area (Å²) in [6, 6.07) is -0.136. The Morgan fingerprint density at radius 3 is 2.23 bits per heavy atom. The number of hydrogen-bond donors (Lipinski definition) is 0. The zero-order valence-electron chi connectivity index (χ0n) is 17.6. The van der Waals surface area contributed by atoms with E-state index in [9.17, 15) is 16.8 Å². The molecular weight excluding hydrogens is 430 g/mol. The molecule has 0 bridgehead atoms. The molecule has 0 radical (unpaired) electrons. The SMILES string of the molecule is Cc1nn([C@H]2CCS(=O)(=O)C2)c(C)c1N1CCN(S(=O)(=O)c2c(C)noc2C)CC1. The van der Waals surface area contributed by atoms with Crippen LogP contribution >= 0.6 is 0 Å². The van der Waals surface area contributed by atoms with Crippen molar-refractivity contribution in [1.29, 1.82) is 0 Å². The molecule has 2 fully saturated rings. The summed E-state index contributed by atoms with van der Waals surface area (Å²) >= 11 is 0. The Kier molecular flexibility index (Phi) is 5.22. The molecule has 0 amide bonds. The maximum absolute atomic E-state index is 13.0. The fourth-order valence-corrected chi connectivity index (χ4v) is 7.97. The summed E-state index contributed by atoms with van der Waals surface area (Å²) in [5.41, 5.74) is 3.10. The quantitative estimate of drug-likeness (QED) is 0.666. The van der Waals surface area contributed by atoms with Crippen LogP contribution < -0.4 is 4.90 Å². The second kappa shape index (κ2) is 7.34. The van der Waals surface area contributed by atoms with E-state index in [4.69, 9.17) is 4.52 Å². The molecular formula is C18H27N5O5S2. The molecule has 0 spiro atoms. The third-order valence-electron chi connectivity index (χ3n) is 5.96. The highest BCUT2D eigenvalue weighted by Gasteiger charge is 2.36. The molecule has 2 aromatic heterocycles. The summed E-state index contributed by atoms with van der Waals surface area (Å²) in [7, 11) is -6.67. The lowest BCUT2D eigenvalue weighted by atomic mass is 10.2. The first kappa shape index (κ1) is 21.3. The van der Waals surface area contributed by atoms with Crippen LogP contribution in [-0.2, 0) is 19.9 Å². The molecule has 0 aromatic carbocycles. The number of aryl methyl sites for hydroxylation is 3. The van der Waals surface area contributed by atoms with Crippen molar-refractivity contribution < 1.29 is 21.4 Å². The average Bonchev–Trinajstić information content (AvgIpc) is 3.30. The Morgan fingerprint density at radius 1 is 1.03 bits per heavy atom. The fourth-order valence-electron chi connectivity index (χ4n) is 4.56. The van der Waals surface area contributed by atoms with Crippen LogP contribution in [0, 0.1) is 27.7 Å². The number of sulfonamides is 1. The van der Waals surface area contributed by atoms with Gasteiger partial charge in [0.1, 0.15) is 10.6 Å². The van der Waals surface area contributed by atoms with Gasteiger partial charge in [0.05, 0.1) is 34.6 Å². The summed E-state index contributed by atoms with van der Waals surface area (Å²) in [5, 5.41) is 8.39. The van der Waals surface area contributed by atoms with Gasteiger partial charge in [0.2, 0.25) is 10.0 Å². The Bertz CT molecular complexity index is 1150. The standard InChI is InChI=1S/C18H27N5O5S2/c1-12-17(14(3)23(19-12)16-5-10-29(24,25)11-16)21-6-8-22(9-7-21)30(26,27)18-13(2)20-28-15(18)4/h16H,5-11H2,1-4H3/t16-/m0/s1. The first-order chi connectivity index (χ1) is 14.0. The van der Waals surface area contributed by atoms with Gasteiger partial charge in [-0.3, -0.25) is 4.68 Å². The van der Waals surface area contributed by atoms with E-state index in [0.29, 0.717) is 44.1 Å². The molecule has 2 aliphatic heterocycles. The van der Waals surface area contributed by atoms with E-state index >= 15 is 0 Å². The number of aromatic nitrogens is 3. The molecule has 1 atom stereocenters. The highest BCUT2D eigenvalue weighted by atomic mass is 32.2. The number of piperazine rings is 1. The normalized spacial score (nSPS) is 22.7. The zero-order chi connectivity index (χ0) is 21.8. The lowest BCUT2D eigenvalue weighted by molar-refractivity contribution is 0.378. The van der Waals surface area contributed by atoms with Crippen LogP contribution in [-0.4, -0.2) is 73.8 Å². The molecule has 166 valence electrons. The first-order valence-corrected chi connectivity index (χ1v) is 13.2. The van der Waals surface area contributed by atoms with Crippen LogP contribution in [0.3, 0.4) is 0 Å². The van der Waals surface area contributed by atoms with E-state index in [1.54, 1.807) is 13.8 Å². The van der Waals surface area contributed by atoms with Crippen molar-refractivity contribution in [2.24, 2.45) is 0 Å². The number of hydrogen-bond acceptors (Lipinski definition) is 8. The molecule has 4 rings (SSSR count). The van der Waals surface area contributed by atoms with Crippen LogP contribution in [0.15, 0.2) is 9.42 Å². The Labute approximate surface area is 176 Å². The lowest BCUT2D eigenvalue weighted by Gasteiger charge is -2.35. The van der Waals surface area contributed by atoms with E-state index < -0.39 is 19.9 Å². The Balaban J connectivity index is 1.53. The number of sulfone groups is 1. The van der Waals surface area contributed by atoms with Gasteiger partial charge >= 0.3 is 0 Å². The topological polar surface area (TPSA) is 119 Å². The lowest BCUT2D eigenvalue weighted by Crippen LogP contribution is -2.49. The van der Waals surface area contributed by atoms with Crippen molar-refractivity contribution in [3.05, 3.63) is 22.8 Å². The van der Waals surface area contributed by atoms with Crippen LogP contribution in [0.25, 0.3) is 0 Å². The van der Waals surface area contributed by atoms with Crippen LogP contribution in [0.5, 0.6) is 0 Å². The fraction of sp³-hybridized carbons (Fsp3) is 0.667. The van der Waals surface area contributed by atoms with Crippen LogP contribution in [0.1, 0.15) is 35.3 Å². The Hall–Kier alpha value is -1.92. The molecule has 0 aliphatic carbocycles. The van der Waals surface area contributed by atoms with Crippen LogP contribution in [0.4, 0.5) is 5.69 Å². The molecule has 0 unspecified atom stereocenters. The largest absolute Gasteiger partial charge is 0.366 e. The van der Waals surface area contributed by atoms with E-state index in [1.165, 1.54) is 4.31 Å². The molecule has 4 heterocycles. The van der Waals surface area contributed by atoms with Crippen molar-refractivity contribution >= 4 is 25.5 Å². The molecule has 2 aromatic rings. The van der Waals surface area contributed by atoms with Crippen LogP contribution in [0.2, 0.25) is 0 Å². The van der Waals surface area contributed by atoms with Crippen molar-refractivity contribution in [1.82, 2.24) is 19.2 Å². The minimum Gasteiger partial charge on any atom is -0.366 e. The number of anilines is 1. The molecule has 30 heavy (non-hydrogen) atoms. The number of rotatable bonds is 4. The van der Waals surface area contributed by atoms with E-state index in [0.717, 1.165) is 17.1 Å². The summed E-state index contributed by atoms with van der Waals surface area (Å²) in [6.07, 6.45) is 0.577. The molecule has 2 aliphatic rings. The summed E-state index contributed by atoms with van der Waals surface area (Å²) in [6.45, 7) is 8.83. The monoisotopic (exact) mass is 457 g/mol. The van der Waals surface area contributed by atoms with E-state index in [-0.39, 0.29) is 22.4 Å². The van der Waals surface area contributed by atoms with Crippen molar-refractivity contribution in [3.63, 3.8) is 0 Å². The van der Waals surface area contributed by atoms with Crippen molar-refractivity contribution in [3.8, 4) is 0 Å². The average molecular weight is 458 g/mol. The molecule has 0 saturated carbocycles. The van der Waals surface area contributed by atoms with Gasteiger partial charge in [0.15, 0.2) is 15.6 Å². The van der Waals surface area contributed by atoms with Gasteiger partial charge in [0.25, 0.3) is 0 Å². The highest BCUT2D eigenvalue weighted by Crippen LogP contribution is 2.32. The smallest absolute Gasteiger partial charge is 0.248 e. The molecule has 10 nitrogen and oxygen atoms in total. The van der Waals surface area contributed by atoms with E-state index in [1.807, 2.05) is 18.5 Å². The van der Waals surface area contributed by atoms with Gasteiger partial charge in [-0.2, -0.15) is 9.40 Å². The molecule has 12 heteroatoms. The second-order valence-electron chi connectivity index (χ2n) is 8.07. The minimum absolute atomic E-state index is 0.123. The third-order valence-corrected chi connectivity index (χ3v) is 9.86. The minimum atomic E-state index is -3.66. The maximum Gasteiger partial charge on any atom is 0.248 e. The van der Waals surface area contributed by atoms with Gasteiger partial charge in [-0.25, -0.2) is 16.8 Å². The summed E-state index contributed by atoms with van der Waals surface area (Å²) in [5.74, 6) is 0.621. The van der Waals surface area contributed by atoms with Crippen molar-refractivity contribution in [2.75, 3.05) is 42.6 Å².